The number of methoxy groups -OCH3 is 1. The number of nitrogens with zero attached hydrogens (tertiary/aromatic N) is 1. The highest BCUT2D eigenvalue weighted by atomic mass is 19.3. The monoisotopic (exact) mass is 270 g/mol. The maximum Gasteiger partial charge on any atom is 0.258 e. The highest BCUT2D eigenvalue weighted by Crippen LogP contribution is 2.31. The zero-order chi connectivity index (χ0) is 13.8. The standard InChI is InChI=1S/C14H20F2N2O/c1-10-9-11(19-2)3-4-12(10)13(14(15)16)18-7-5-17-6-8-18/h3-4,9,13-14,17H,5-8H2,1-2H3/t13-/m0/s1. The zero-order valence-corrected chi connectivity index (χ0v) is 11.3. The third kappa shape index (κ3) is 3.22. The molecular formula is C14H20F2N2O. The van der Waals surface area contributed by atoms with Crippen LogP contribution in [-0.2, 0) is 0 Å². The summed E-state index contributed by atoms with van der Waals surface area (Å²) in [6, 6.07) is 4.49. The molecule has 3 nitrogen and oxygen atoms in total. The van der Waals surface area contributed by atoms with Gasteiger partial charge >= 0.3 is 0 Å². The quantitative estimate of drug-likeness (QED) is 0.908. The highest BCUT2D eigenvalue weighted by Gasteiger charge is 2.31. The van der Waals surface area contributed by atoms with Crippen LogP contribution in [0, 0.1) is 6.92 Å². The first-order valence-electron chi connectivity index (χ1n) is 6.51. The molecule has 0 unspecified atom stereocenters. The molecule has 1 aliphatic heterocycles. The number of hydrogen-bond donors (Lipinski definition) is 1. The van der Waals surface area contributed by atoms with Crippen molar-refractivity contribution in [3.8, 4) is 5.75 Å². The number of aryl methyl sites for hydroxylation is 1. The van der Waals surface area contributed by atoms with E-state index in [2.05, 4.69) is 5.32 Å². The van der Waals surface area contributed by atoms with Crippen LogP contribution in [0.15, 0.2) is 18.2 Å². The van der Waals surface area contributed by atoms with Crippen LogP contribution in [0.25, 0.3) is 0 Å². The molecule has 0 saturated carbocycles. The first-order chi connectivity index (χ1) is 9.13. The third-order valence-electron chi connectivity index (χ3n) is 3.58. The first kappa shape index (κ1) is 14.2. The fourth-order valence-electron chi connectivity index (χ4n) is 2.56. The molecule has 0 radical (unpaired) electrons. The number of alkyl halides is 2. The summed E-state index contributed by atoms with van der Waals surface area (Å²) in [6.45, 7) is 4.69. The zero-order valence-electron chi connectivity index (χ0n) is 11.3. The van der Waals surface area contributed by atoms with Crippen LogP contribution in [0.2, 0.25) is 0 Å². The maximum atomic E-state index is 13.4. The second-order valence-electron chi connectivity index (χ2n) is 4.79. The van der Waals surface area contributed by atoms with E-state index in [1.165, 1.54) is 0 Å². The minimum absolute atomic E-state index is 0.653. The van der Waals surface area contributed by atoms with E-state index in [0.717, 1.165) is 18.7 Å². The Morgan fingerprint density at radius 2 is 1.95 bits per heavy atom. The Labute approximate surface area is 112 Å². The second-order valence-corrected chi connectivity index (χ2v) is 4.79. The van der Waals surface area contributed by atoms with Crippen molar-refractivity contribution >= 4 is 0 Å². The number of nitrogens with one attached hydrogen (secondary N) is 1. The molecule has 5 heteroatoms. The molecule has 2 rings (SSSR count). The van der Waals surface area contributed by atoms with E-state index < -0.39 is 12.5 Å². The van der Waals surface area contributed by atoms with Crippen molar-refractivity contribution in [2.24, 2.45) is 0 Å². The predicted molar refractivity (Wildman–Crippen MR) is 70.9 cm³/mol. The van der Waals surface area contributed by atoms with Crippen molar-refractivity contribution in [3.05, 3.63) is 29.3 Å². The van der Waals surface area contributed by atoms with Crippen LogP contribution in [-0.4, -0.2) is 44.6 Å². The molecular weight excluding hydrogens is 250 g/mol. The van der Waals surface area contributed by atoms with E-state index in [1.807, 2.05) is 17.9 Å². The molecule has 19 heavy (non-hydrogen) atoms. The Balaban J connectivity index is 2.27. The summed E-state index contributed by atoms with van der Waals surface area (Å²) < 4.78 is 32.0. The van der Waals surface area contributed by atoms with Crippen LogP contribution in [0.5, 0.6) is 5.75 Å². The normalized spacial score (nSPS) is 18.6. The van der Waals surface area contributed by atoms with Gasteiger partial charge in [0.15, 0.2) is 0 Å². The van der Waals surface area contributed by atoms with Gasteiger partial charge in [0.25, 0.3) is 6.43 Å². The Hall–Kier alpha value is -1.20. The number of halogens is 2. The molecule has 1 heterocycles. The lowest BCUT2D eigenvalue weighted by Crippen LogP contribution is -2.47. The average Bonchev–Trinajstić information content (AvgIpc) is 2.41. The van der Waals surface area contributed by atoms with E-state index in [9.17, 15) is 8.78 Å². The van der Waals surface area contributed by atoms with Gasteiger partial charge < -0.3 is 10.1 Å². The summed E-state index contributed by atoms with van der Waals surface area (Å²) >= 11 is 0. The number of benzene rings is 1. The Morgan fingerprint density at radius 3 is 2.47 bits per heavy atom. The molecule has 1 fully saturated rings. The van der Waals surface area contributed by atoms with Crippen molar-refractivity contribution < 1.29 is 13.5 Å². The molecule has 1 aromatic rings. The summed E-state index contributed by atoms with van der Waals surface area (Å²) in [5.74, 6) is 0.703. The van der Waals surface area contributed by atoms with Crippen molar-refractivity contribution in [1.29, 1.82) is 0 Å². The number of ether oxygens (including phenoxy) is 1. The van der Waals surface area contributed by atoms with Gasteiger partial charge in [-0.05, 0) is 30.2 Å². The lowest BCUT2D eigenvalue weighted by molar-refractivity contribution is 0.0178. The number of piperazine rings is 1. The number of hydrogen-bond acceptors (Lipinski definition) is 3. The molecule has 1 atom stereocenters. The molecule has 0 aliphatic carbocycles. The van der Waals surface area contributed by atoms with Gasteiger partial charge in [-0.25, -0.2) is 8.78 Å². The van der Waals surface area contributed by atoms with Gasteiger partial charge in [0.05, 0.1) is 13.2 Å². The predicted octanol–water partition coefficient (Wildman–Crippen LogP) is 2.22. The molecule has 1 saturated heterocycles. The first-order valence-corrected chi connectivity index (χ1v) is 6.51. The van der Waals surface area contributed by atoms with Gasteiger partial charge in [-0.1, -0.05) is 6.07 Å². The largest absolute Gasteiger partial charge is 0.497 e. The van der Waals surface area contributed by atoms with Gasteiger partial charge in [-0.2, -0.15) is 0 Å². The van der Waals surface area contributed by atoms with Crippen molar-refractivity contribution in [2.45, 2.75) is 19.4 Å². The summed E-state index contributed by atoms with van der Waals surface area (Å²) in [7, 11) is 1.58. The molecule has 0 amide bonds. The Kier molecular flexibility index (Phi) is 4.71. The van der Waals surface area contributed by atoms with Crippen LogP contribution < -0.4 is 10.1 Å². The summed E-state index contributed by atoms with van der Waals surface area (Å²) in [4.78, 5) is 1.86. The summed E-state index contributed by atoms with van der Waals surface area (Å²) in [6.07, 6.45) is -2.38. The van der Waals surface area contributed by atoms with E-state index in [0.29, 0.717) is 24.4 Å². The molecule has 106 valence electrons. The Bertz CT molecular complexity index is 420. The van der Waals surface area contributed by atoms with E-state index in [-0.39, 0.29) is 0 Å². The maximum absolute atomic E-state index is 13.4. The van der Waals surface area contributed by atoms with Gasteiger partial charge in [-0.15, -0.1) is 0 Å². The van der Waals surface area contributed by atoms with Gasteiger partial charge in [0, 0.05) is 26.2 Å². The lowest BCUT2D eigenvalue weighted by Gasteiger charge is -2.35. The number of rotatable bonds is 4. The fourth-order valence-corrected chi connectivity index (χ4v) is 2.56. The lowest BCUT2D eigenvalue weighted by atomic mass is 9.99. The van der Waals surface area contributed by atoms with Crippen LogP contribution in [0.4, 0.5) is 8.78 Å². The second kappa shape index (κ2) is 6.30. The topological polar surface area (TPSA) is 24.5 Å². The third-order valence-corrected chi connectivity index (χ3v) is 3.58. The van der Waals surface area contributed by atoms with Crippen LogP contribution in [0.3, 0.4) is 0 Å². The molecule has 0 spiro atoms. The smallest absolute Gasteiger partial charge is 0.258 e. The molecule has 1 aromatic carbocycles. The van der Waals surface area contributed by atoms with Gasteiger partial charge in [0.2, 0.25) is 0 Å². The summed E-state index contributed by atoms with van der Waals surface area (Å²) in [5, 5.41) is 3.19. The minimum atomic E-state index is -2.38. The molecule has 0 aromatic heterocycles. The fraction of sp³-hybridized carbons (Fsp3) is 0.571. The van der Waals surface area contributed by atoms with E-state index >= 15 is 0 Å². The van der Waals surface area contributed by atoms with Crippen molar-refractivity contribution in [3.63, 3.8) is 0 Å². The van der Waals surface area contributed by atoms with Crippen LogP contribution >= 0.6 is 0 Å². The van der Waals surface area contributed by atoms with Gasteiger partial charge in [-0.3, -0.25) is 4.90 Å². The van der Waals surface area contributed by atoms with E-state index in [1.54, 1.807) is 19.2 Å². The summed E-state index contributed by atoms with van der Waals surface area (Å²) in [5.41, 5.74) is 1.54. The molecule has 0 bridgehead atoms. The van der Waals surface area contributed by atoms with Crippen LogP contribution in [0.1, 0.15) is 17.2 Å². The minimum Gasteiger partial charge on any atom is -0.497 e. The van der Waals surface area contributed by atoms with E-state index in [4.69, 9.17) is 4.74 Å². The highest BCUT2D eigenvalue weighted by molar-refractivity contribution is 5.37. The SMILES string of the molecule is COc1ccc([C@@H](C(F)F)N2CCNCC2)c(C)c1. The van der Waals surface area contributed by atoms with Crippen molar-refractivity contribution in [2.75, 3.05) is 33.3 Å². The molecule has 1 N–H and O–H groups in total. The van der Waals surface area contributed by atoms with Crippen molar-refractivity contribution in [1.82, 2.24) is 10.2 Å². The average molecular weight is 270 g/mol. The van der Waals surface area contributed by atoms with Gasteiger partial charge in [0.1, 0.15) is 5.75 Å². The Morgan fingerprint density at radius 1 is 1.26 bits per heavy atom. The molecule has 1 aliphatic rings.